The Kier molecular flexibility index (Phi) is 3.24. The number of benzene rings is 2. The summed E-state index contributed by atoms with van der Waals surface area (Å²) in [6, 6.07) is 12.9. The van der Waals surface area contributed by atoms with Crippen LogP contribution in [0.15, 0.2) is 48.5 Å². The lowest BCUT2D eigenvalue weighted by atomic mass is 9.89. The molecule has 0 aromatic heterocycles. The van der Waals surface area contributed by atoms with Gasteiger partial charge < -0.3 is 5.32 Å². The highest BCUT2D eigenvalue weighted by atomic mass is 16.6. The second-order valence-corrected chi connectivity index (χ2v) is 6.24. The van der Waals surface area contributed by atoms with E-state index in [4.69, 9.17) is 0 Å². The lowest BCUT2D eigenvalue weighted by Crippen LogP contribution is -2.31. The molecule has 0 bridgehead atoms. The third-order valence-corrected chi connectivity index (χ3v) is 3.87. The van der Waals surface area contributed by atoms with Crippen molar-refractivity contribution in [1.82, 2.24) is 0 Å². The summed E-state index contributed by atoms with van der Waals surface area (Å²) < 4.78 is 0. The number of fused-ring (bicyclic) bond motifs is 1. The third-order valence-electron chi connectivity index (χ3n) is 3.87. The molecular weight excluding hydrogens is 276 g/mol. The van der Waals surface area contributed by atoms with Crippen molar-refractivity contribution in [2.75, 3.05) is 5.32 Å². The van der Waals surface area contributed by atoms with E-state index in [1.807, 2.05) is 18.2 Å². The lowest BCUT2D eigenvalue weighted by molar-refractivity contribution is -0.384. The quantitative estimate of drug-likeness (QED) is 0.635. The number of rotatable bonds is 2. The molecule has 1 aliphatic rings. The molecule has 3 rings (SSSR count). The minimum Gasteiger partial charge on any atom is -0.376 e. The van der Waals surface area contributed by atoms with Gasteiger partial charge in [-0.1, -0.05) is 24.3 Å². The molecular formula is C18H18N2O2. The standard InChI is InChI=1S/C18H18N2O2/c1-12-11-18(2,3)19-17-8-7-14(10-16(12)17)13-5-4-6-15(9-13)20(21)22/h4-11,19H,1-3H3. The average Bonchev–Trinajstić information content (AvgIpc) is 2.46. The van der Waals surface area contributed by atoms with Crippen molar-refractivity contribution in [3.63, 3.8) is 0 Å². The van der Waals surface area contributed by atoms with Gasteiger partial charge in [-0.05, 0) is 49.6 Å². The summed E-state index contributed by atoms with van der Waals surface area (Å²) >= 11 is 0. The van der Waals surface area contributed by atoms with Crippen LogP contribution in [0.5, 0.6) is 0 Å². The lowest BCUT2D eigenvalue weighted by Gasteiger charge is -2.31. The van der Waals surface area contributed by atoms with E-state index in [0.29, 0.717) is 0 Å². The van der Waals surface area contributed by atoms with E-state index < -0.39 is 0 Å². The second kappa shape index (κ2) is 4.98. The van der Waals surface area contributed by atoms with E-state index in [-0.39, 0.29) is 16.1 Å². The molecule has 22 heavy (non-hydrogen) atoms. The van der Waals surface area contributed by atoms with Crippen molar-refractivity contribution >= 4 is 16.9 Å². The number of nitrogens with one attached hydrogen (secondary N) is 1. The summed E-state index contributed by atoms with van der Waals surface area (Å²) in [4.78, 5) is 10.6. The van der Waals surface area contributed by atoms with E-state index >= 15 is 0 Å². The first-order chi connectivity index (χ1) is 10.4. The molecule has 0 atom stereocenters. The Hall–Kier alpha value is -2.62. The van der Waals surface area contributed by atoms with Gasteiger partial charge in [0.15, 0.2) is 0 Å². The molecule has 1 aliphatic heterocycles. The van der Waals surface area contributed by atoms with Gasteiger partial charge in [-0.25, -0.2) is 0 Å². The highest BCUT2D eigenvalue weighted by molar-refractivity contribution is 5.84. The summed E-state index contributed by atoms with van der Waals surface area (Å²) in [7, 11) is 0. The summed E-state index contributed by atoms with van der Waals surface area (Å²) in [5.41, 5.74) is 5.34. The molecule has 0 unspecified atom stereocenters. The van der Waals surface area contributed by atoms with Crippen LogP contribution in [0.25, 0.3) is 16.7 Å². The van der Waals surface area contributed by atoms with Crippen molar-refractivity contribution in [2.45, 2.75) is 26.3 Å². The molecule has 0 amide bonds. The van der Waals surface area contributed by atoms with Crippen LogP contribution < -0.4 is 5.32 Å². The fourth-order valence-corrected chi connectivity index (χ4v) is 2.96. The Bertz CT molecular complexity index is 791. The van der Waals surface area contributed by atoms with Gasteiger partial charge in [-0.2, -0.15) is 0 Å². The number of anilines is 1. The molecule has 1 heterocycles. The van der Waals surface area contributed by atoms with Crippen LogP contribution in [0.2, 0.25) is 0 Å². The second-order valence-electron chi connectivity index (χ2n) is 6.24. The molecule has 0 saturated heterocycles. The molecule has 112 valence electrons. The Labute approximate surface area is 129 Å². The Morgan fingerprint density at radius 3 is 2.55 bits per heavy atom. The van der Waals surface area contributed by atoms with Crippen LogP contribution in [0, 0.1) is 10.1 Å². The van der Waals surface area contributed by atoms with Gasteiger partial charge in [0.25, 0.3) is 5.69 Å². The van der Waals surface area contributed by atoms with E-state index in [2.05, 4.69) is 38.2 Å². The molecule has 0 aliphatic carbocycles. The smallest absolute Gasteiger partial charge is 0.270 e. The maximum Gasteiger partial charge on any atom is 0.270 e. The van der Waals surface area contributed by atoms with E-state index in [1.54, 1.807) is 12.1 Å². The SMILES string of the molecule is CC1=CC(C)(C)Nc2ccc(-c3cccc([N+](=O)[O-])c3)cc21. The monoisotopic (exact) mass is 294 g/mol. The third kappa shape index (κ3) is 2.60. The zero-order chi connectivity index (χ0) is 15.9. The van der Waals surface area contributed by atoms with Gasteiger partial charge in [0.05, 0.1) is 10.5 Å². The van der Waals surface area contributed by atoms with Crippen molar-refractivity contribution in [2.24, 2.45) is 0 Å². The number of nitro groups is 1. The largest absolute Gasteiger partial charge is 0.376 e. The number of hydrogen-bond acceptors (Lipinski definition) is 3. The zero-order valence-electron chi connectivity index (χ0n) is 12.9. The minimum atomic E-state index is -0.364. The van der Waals surface area contributed by atoms with Gasteiger partial charge in [0.1, 0.15) is 0 Å². The van der Waals surface area contributed by atoms with Crippen LogP contribution in [0.3, 0.4) is 0 Å². The van der Waals surface area contributed by atoms with Crippen LogP contribution in [-0.2, 0) is 0 Å². The van der Waals surface area contributed by atoms with Gasteiger partial charge >= 0.3 is 0 Å². The van der Waals surface area contributed by atoms with Crippen LogP contribution in [0.1, 0.15) is 26.3 Å². The maximum atomic E-state index is 10.9. The van der Waals surface area contributed by atoms with Crippen LogP contribution in [0.4, 0.5) is 11.4 Å². The predicted octanol–water partition coefficient (Wildman–Crippen LogP) is 4.87. The van der Waals surface area contributed by atoms with Crippen LogP contribution in [-0.4, -0.2) is 10.5 Å². The summed E-state index contributed by atoms with van der Waals surface area (Å²) in [6.07, 6.45) is 2.20. The molecule has 4 heteroatoms. The fourth-order valence-electron chi connectivity index (χ4n) is 2.96. The van der Waals surface area contributed by atoms with Crippen LogP contribution >= 0.6 is 0 Å². The molecule has 0 saturated carbocycles. The molecule has 0 spiro atoms. The average molecular weight is 294 g/mol. The van der Waals surface area contributed by atoms with Gasteiger partial charge in [0.2, 0.25) is 0 Å². The number of allylic oxidation sites excluding steroid dienone is 1. The highest BCUT2D eigenvalue weighted by Crippen LogP contribution is 2.36. The highest BCUT2D eigenvalue weighted by Gasteiger charge is 2.22. The first-order valence-corrected chi connectivity index (χ1v) is 7.23. The predicted molar refractivity (Wildman–Crippen MR) is 89.9 cm³/mol. The van der Waals surface area contributed by atoms with E-state index in [9.17, 15) is 10.1 Å². The first kappa shape index (κ1) is 14.3. The van der Waals surface area contributed by atoms with Crippen molar-refractivity contribution < 1.29 is 4.92 Å². The molecule has 4 nitrogen and oxygen atoms in total. The normalized spacial score (nSPS) is 15.5. The zero-order valence-corrected chi connectivity index (χ0v) is 12.9. The molecule has 0 fully saturated rings. The Morgan fingerprint density at radius 1 is 1.09 bits per heavy atom. The number of nitro benzene ring substituents is 1. The van der Waals surface area contributed by atoms with E-state index in [1.165, 1.54) is 11.6 Å². The van der Waals surface area contributed by atoms with Crippen molar-refractivity contribution in [3.05, 3.63) is 64.2 Å². The van der Waals surface area contributed by atoms with Gasteiger partial charge in [-0.3, -0.25) is 10.1 Å². The van der Waals surface area contributed by atoms with E-state index in [0.717, 1.165) is 22.4 Å². The summed E-state index contributed by atoms with van der Waals surface area (Å²) in [5, 5.41) is 14.4. The fraction of sp³-hybridized carbons (Fsp3) is 0.222. The number of nitrogens with zero attached hydrogens (tertiary/aromatic N) is 1. The summed E-state index contributed by atoms with van der Waals surface area (Å²) in [5.74, 6) is 0. The minimum absolute atomic E-state index is 0.0653. The Morgan fingerprint density at radius 2 is 1.82 bits per heavy atom. The maximum absolute atomic E-state index is 10.9. The number of non-ortho nitro benzene ring substituents is 1. The van der Waals surface area contributed by atoms with Crippen molar-refractivity contribution in [3.8, 4) is 11.1 Å². The molecule has 2 aromatic carbocycles. The summed E-state index contributed by atoms with van der Waals surface area (Å²) in [6.45, 7) is 6.36. The van der Waals surface area contributed by atoms with Crippen molar-refractivity contribution in [1.29, 1.82) is 0 Å². The number of hydrogen-bond donors (Lipinski definition) is 1. The molecule has 2 aromatic rings. The first-order valence-electron chi connectivity index (χ1n) is 7.23. The van der Waals surface area contributed by atoms with Gasteiger partial charge in [-0.15, -0.1) is 0 Å². The Balaban J connectivity index is 2.07. The van der Waals surface area contributed by atoms with Gasteiger partial charge in [0, 0.05) is 23.4 Å². The molecule has 0 radical (unpaired) electrons. The molecule has 1 N–H and O–H groups in total. The topological polar surface area (TPSA) is 55.2 Å².